The van der Waals surface area contributed by atoms with Crippen molar-refractivity contribution in [3.05, 3.63) is 35.9 Å². The number of anilines is 1. The predicted molar refractivity (Wildman–Crippen MR) is 82.4 cm³/mol. The first-order chi connectivity index (χ1) is 10.5. The zero-order valence-corrected chi connectivity index (χ0v) is 13.0. The molecular formula is C15H20N6O. The third-order valence-corrected chi connectivity index (χ3v) is 4.01. The molecule has 22 heavy (non-hydrogen) atoms. The van der Waals surface area contributed by atoms with Crippen molar-refractivity contribution in [3.63, 3.8) is 0 Å². The number of rotatable bonds is 4. The fourth-order valence-corrected chi connectivity index (χ4v) is 2.72. The van der Waals surface area contributed by atoms with Gasteiger partial charge in [-0.2, -0.15) is 5.10 Å². The number of hydrogen-bond acceptors (Lipinski definition) is 5. The molecule has 0 saturated carbocycles. The van der Waals surface area contributed by atoms with E-state index in [2.05, 4.69) is 43.0 Å². The van der Waals surface area contributed by atoms with Crippen molar-refractivity contribution in [1.82, 2.24) is 24.6 Å². The summed E-state index contributed by atoms with van der Waals surface area (Å²) in [5.41, 5.74) is 2.19. The Morgan fingerprint density at radius 3 is 2.59 bits per heavy atom. The quantitative estimate of drug-likeness (QED) is 0.917. The number of carbonyl (C=O) groups excluding carboxylic acids is 1. The van der Waals surface area contributed by atoms with E-state index in [1.165, 1.54) is 0 Å². The Hall–Kier alpha value is -2.28. The van der Waals surface area contributed by atoms with Gasteiger partial charge in [-0.05, 0) is 32.9 Å². The molecule has 3 heterocycles. The first-order valence-corrected chi connectivity index (χ1v) is 7.39. The van der Waals surface area contributed by atoms with Crippen LogP contribution in [0.4, 0.5) is 5.95 Å². The van der Waals surface area contributed by atoms with Crippen LogP contribution in [0.1, 0.15) is 24.4 Å². The Morgan fingerprint density at radius 2 is 2.00 bits per heavy atom. The van der Waals surface area contributed by atoms with Gasteiger partial charge in [-0.25, -0.2) is 9.97 Å². The van der Waals surface area contributed by atoms with Crippen molar-refractivity contribution in [1.29, 1.82) is 0 Å². The third kappa shape index (κ3) is 2.85. The van der Waals surface area contributed by atoms with Crippen molar-refractivity contribution in [2.45, 2.75) is 32.9 Å². The molecule has 1 unspecified atom stereocenters. The van der Waals surface area contributed by atoms with Gasteiger partial charge in [0, 0.05) is 31.2 Å². The monoisotopic (exact) mass is 300 g/mol. The summed E-state index contributed by atoms with van der Waals surface area (Å²) in [4.78, 5) is 22.3. The van der Waals surface area contributed by atoms with Crippen LogP contribution in [0.15, 0.2) is 24.5 Å². The average molecular weight is 300 g/mol. The zero-order valence-electron chi connectivity index (χ0n) is 13.0. The summed E-state index contributed by atoms with van der Waals surface area (Å²) in [5, 5.41) is 7.24. The number of nitrogens with zero attached hydrogens (tertiary/aromatic N) is 5. The lowest BCUT2D eigenvalue weighted by Crippen LogP contribution is -2.55. The second-order valence-corrected chi connectivity index (χ2v) is 5.72. The molecule has 1 fully saturated rings. The van der Waals surface area contributed by atoms with E-state index in [-0.39, 0.29) is 11.9 Å². The number of likely N-dealkylation sites (tertiary alicyclic amines) is 1. The number of aryl methyl sites for hydroxylation is 2. The highest BCUT2D eigenvalue weighted by atomic mass is 16.2. The summed E-state index contributed by atoms with van der Waals surface area (Å²) in [7, 11) is 0. The van der Waals surface area contributed by atoms with Gasteiger partial charge in [0.1, 0.15) is 0 Å². The Morgan fingerprint density at radius 1 is 1.32 bits per heavy atom. The molecule has 1 saturated heterocycles. The van der Waals surface area contributed by atoms with E-state index in [4.69, 9.17) is 0 Å². The second kappa shape index (κ2) is 5.84. The van der Waals surface area contributed by atoms with Gasteiger partial charge in [0.25, 0.3) is 0 Å². The first kappa shape index (κ1) is 14.6. The minimum absolute atomic E-state index is 0.0852. The van der Waals surface area contributed by atoms with E-state index in [9.17, 15) is 4.79 Å². The van der Waals surface area contributed by atoms with Gasteiger partial charge in [-0.15, -0.1) is 0 Å². The molecule has 3 rings (SSSR count). The average Bonchev–Trinajstić information content (AvgIpc) is 2.77. The number of amides is 1. The molecule has 0 aliphatic carbocycles. The van der Waals surface area contributed by atoms with Gasteiger partial charge < -0.3 is 0 Å². The third-order valence-electron chi connectivity index (χ3n) is 4.01. The van der Waals surface area contributed by atoms with Crippen molar-refractivity contribution in [2.75, 3.05) is 18.4 Å². The van der Waals surface area contributed by atoms with Gasteiger partial charge >= 0.3 is 0 Å². The molecule has 0 bridgehead atoms. The highest BCUT2D eigenvalue weighted by molar-refractivity contribution is 5.93. The predicted octanol–water partition coefficient (Wildman–Crippen LogP) is 1.17. The topological polar surface area (TPSA) is 75.9 Å². The number of hydrogen-bond donors (Lipinski definition) is 1. The second-order valence-electron chi connectivity index (χ2n) is 5.72. The summed E-state index contributed by atoms with van der Waals surface area (Å²) in [5.74, 6) is 0.257. The van der Waals surface area contributed by atoms with Crippen LogP contribution in [0.25, 0.3) is 0 Å². The van der Waals surface area contributed by atoms with Crippen molar-refractivity contribution < 1.29 is 4.79 Å². The summed E-state index contributed by atoms with van der Waals surface area (Å²) in [6.45, 7) is 7.61. The minimum atomic E-state index is -0.211. The molecule has 7 heteroatoms. The molecule has 2 aromatic heterocycles. The SMILES string of the molecule is Cc1cc(C)n(C2CN(C(C)C(=O)Nc3ncccn3)C2)n1. The minimum Gasteiger partial charge on any atom is -0.293 e. The van der Waals surface area contributed by atoms with Gasteiger partial charge in [0.15, 0.2) is 0 Å². The molecule has 7 nitrogen and oxygen atoms in total. The lowest BCUT2D eigenvalue weighted by molar-refractivity contribution is -0.123. The Labute approximate surface area is 129 Å². The van der Waals surface area contributed by atoms with Crippen LogP contribution in [-0.2, 0) is 4.79 Å². The molecule has 2 aromatic rings. The summed E-state index contributed by atoms with van der Waals surface area (Å²) in [6.07, 6.45) is 3.21. The maximum Gasteiger partial charge on any atom is 0.243 e. The zero-order chi connectivity index (χ0) is 15.7. The van der Waals surface area contributed by atoms with E-state index < -0.39 is 0 Å². The van der Waals surface area contributed by atoms with Crippen LogP contribution < -0.4 is 5.32 Å². The van der Waals surface area contributed by atoms with E-state index in [0.29, 0.717) is 12.0 Å². The molecule has 1 N–H and O–H groups in total. The van der Waals surface area contributed by atoms with Gasteiger partial charge in [-0.1, -0.05) is 0 Å². The maximum absolute atomic E-state index is 12.2. The summed E-state index contributed by atoms with van der Waals surface area (Å²) in [6, 6.07) is 3.92. The molecule has 0 radical (unpaired) electrons. The van der Waals surface area contributed by atoms with Crippen LogP contribution in [0.2, 0.25) is 0 Å². The number of aromatic nitrogens is 4. The van der Waals surface area contributed by atoms with Crippen LogP contribution >= 0.6 is 0 Å². The lowest BCUT2D eigenvalue weighted by Gasteiger charge is -2.42. The van der Waals surface area contributed by atoms with E-state index >= 15 is 0 Å². The van der Waals surface area contributed by atoms with Crippen molar-refractivity contribution >= 4 is 11.9 Å². The fraction of sp³-hybridized carbons (Fsp3) is 0.467. The van der Waals surface area contributed by atoms with Crippen LogP contribution in [-0.4, -0.2) is 49.7 Å². The van der Waals surface area contributed by atoms with Gasteiger partial charge in [0.2, 0.25) is 11.9 Å². The Kier molecular flexibility index (Phi) is 3.89. The number of nitrogens with one attached hydrogen (secondary N) is 1. The molecule has 1 amide bonds. The van der Waals surface area contributed by atoms with Crippen molar-refractivity contribution in [3.8, 4) is 0 Å². The molecule has 0 aromatic carbocycles. The highest BCUT2D eigenvalue weighted by Crippen LogP contribution is 2.25. The largest absolute Gasteiger partial charge is 0.293 e. The molecule has 116 valence electrons. The smallest absolute Gasteiger partial charge is 0.243 e. The molecule has 0 spiro atoms. The van der Waals surface area contributed by atoms with Crippen LogP contribution in [0.5, 0.6) is 0 Å². The summed E-state index contributed by atoms with van der Waals surface area (Å²) < 4.78 is 2.05. The molecule has 1 aliphatic heterocycles. The molecule has 1 aliphatic rings. The molecular weight excluding hydrogens is 280 g/mol. The standard InChI is InChI=1S/C15H20N6O/c1-10-7-11(2)21(19-10)13-8-20(9-13)12(3)14(22)18-15-16-5-4-6-17-15/h4-7,12-13H,8-9H2,1-3H3,(H,16,17,18,22). The van der Waals surface area contributed by atoms with Crippen LogP contribution in [0, 0.1) is 13.8 Å². The Bertz CT molecular complexity index is 662. The van der Waals surface area contributed by atoms with E-state index in [1.807, 2.05) is 13.8 Å². The lowest BCUT2D eigenvalue weighted by atomic mass is 10.1. The van der Waals surface area contributed by atoms with E-state index in [0.717, 1.165) is 24.5 Å². The highest BCUT2D eigenvalue weighted by Gasteiger charge is 2.35. The first-order valence-electron chi connectivity index (χ1n) is 7.39. The fourth-order valence-electron chi connectivity index (χ4n) is 2.72. The van der Waals surface area contributed by atoms with Crippen LogP contribution in [0.3, 0.4) is 0 Å². The van der Waals surface area contributed by atoms with Gasteiger partial charge in [0.05, 0.1) is 17.8 Å². The van der Waals surface area contributed by atoms with E-state index in [1.54, 1.807) is 18.5 Å². The maximum atomic E-state index is 12.2. The van der Waals surface area contributed by atoms with Crippen molar-refractivity contribution in [2.24, 2.45) is 0 Å². The molecule has 1 atom stereocenters. The normalized spacial score (nSPS) is 17.0. The summed E-state index contributed by atoms with van der Waals surface area (Å²) >= 11 is 0. The number of carbonyl (C=O) groups is 1. The van der Waals surface area contributed by atoms with Gasteiger partial charge in [-0.3, -0.25) is 19.7 Å². The Balaban J connectivity index is 1.56.